The molecule has 0 radical (unpaired) electrons. The Balaban J connectivity index is 1.97. The smallest absolute Gasteiger partial charge is 0.243 e. The topological polar surface area (TPSA) is 66.1 Å². The van der Waals surface area contributed by atoms with Crippen LogP contribution in [-0.2, 0) is 23.0 Å². The number of benzene rings is 1. The maximum Gasteiger partial charge on any atom is 0.243 e. The first-order chi connectivity index (χ1) is 9.09. The monoisotopic (exact) mass is 277 g/mol. The summed E-state index contributed by atoms with van der Waals surface area (Å²) in [5.74, 6) is 0. The van der Waals surface area contributed by atoms with Crippen LogP contribution in [0, 0.1) is 6.92 Å². The number of fused-ring (bicyclic) bond motifs is 1. The van der Waals surface area contributed by atoms with Crippen molar-refractivity contribution in [2.45, 2.75) is 24.8 Å². The van der Waals surface area contributed by atoms with Crippen molar-refractivity contribution < 1.29 is 8.42 Å². The maximum absolute atomic E-state index is 12.6. The Morgan fingerprint density at radius 1 is 1.32 bits per heavy atom. The first-order valence-electron chi connectivity index (χ1n) is 6.16. The first-order valence-corrected chi connectivity index (χ1v) is 7.60. The third kappa shape index (κ3) is 2.06. The quantitative estimate of drug-likeness (QED) is 0.904. The van der Waals surface area contributed by atoms with Crippen molar-refractivity contribution in [3.63, 3.8) is 0 Å². The average molecular weight is 277 g/mol. The van der Waals surface area contributed by atoms with Gasteiger partial charge >= 0.3 is 0 Å². The number of hydrogen-bond donors (Lipinski definition) is 1. The second-order valence-corrected chi connectivity index (χ2v) is 6.62. The van der Waals surface area contributed by atoms with E-state index in [9.17, 15) is 8.42 Å². The summed E-state index contributed by atoms with van der Waals surface area (Å²) >= 11 is 0. The molecule has 1 aliphatic rings. The van der Waals surface area contributed by atoms with Gasteiger partial charge in [0, 0.05) is 12.7 Å². The molecule has 3 rings (SSSR count). The number of aryl methyl sites for hydroxylation is 1. The van der Waals surface area contributed by atoms with Crippen LogP contribution >= 0.6 is 0 Å². The van der Waals surface area contributed by atoms with E-state index in [2.05, 4.69) is 10.2 Å². The molecule has 5 nitrogen and oxygen atoms in total. The van der Waals surface area contributed by atoms with Gasteiger partial charge in [-0.25, -0.2) is 8.42 Å². The Morgan fingerprint density at radius 3 is 2.89 bits per heavy atom. The van der Waals surface area contributed by atoms with Crippen molar-refractivity contribution in [2.24, 2.45) is 0 Å². The van der Waals surface area contributed by atoms with Crippen LogP contribution < -0.4 is 0 Å². The molecule has 1 aromatic carbocycles. The van der Waals surface area contributed by atoms with E-state index in [1.807, 2.05) is 25.3 Å². The van der Waals surface area contributed by atoms with Crippen LogP contribution in [0.5, 0.6) is 0 Å². The molecule has 1 aliphatic heterocycles. The molecule has 0 saturated heterocycles. The second kappa shape index (κ2) is 4.47. The molecule has 0 spiro atoms. The summed E-state index contributed by atoms with van der Waals surface area (Å²) in [5.41, 5.74) is 2.70. The fourth-order valence-electron chi connectivity index (χ4n) is 2.38. The number of rotatable bonds is 2. The van der Waals surface area contributed by atoms with Gasteiger partial charge in [0.25, 0.3) is 0 Å². The Bertz CT molecular complexity index is 706. The lowest BCUT2D eigenvalue weighted by Crippen LogP contribution is -2.36. The number of sulfonamides is 1. The van der Waals surface area contributed by atoms with Gasteiger partial charge in [-0.15, -0.1) is 0 Å². The molecular formula is C13H15N3O2S. The van der Waals surface area contributed by atoms with Crippen molar-refractivity contribution in [3.05, 3.63) is 47.3 Å². The summed E-state index contributed by atoms with van der Waals surface area (Å²) < 4.78 is 26.8. The highest BCUT2D eigenvalue weighted by Gasteiger charge is 2.30. The fourth-order valence-corrected chi connectivity index (χ4v) is 4.01. The van der Waals surface area contributed by atoms with Gasteiger partial charge in [0.15, 0.2) is 0 Å². The van der Waals surface area contributed by atoms with E-state index in [1.165, 1.54) is 4.31 Å². The van der Waals surface area contributed by atoms with Crippen LogP contribution in [-0.4, -0.2) is 29.5 Å². The first kappa shape index (κ1) is 12.4. The molecule has 0 aliphatic carbocycles. The number of hydrogen-bond acceptors (Lipinski definition) is 3. The zero-order valence-electron chi connectivity index (χ0n) is 10.6. The van der Waals surface area contributed by atoms with Crippen LogP contribution in [0.25, 0.3) is 0 Å². The maximum atomic E-state index is 12.6. The summed E-state index contributed by atoms with van der Waals surface area (Å²) in [5, 5.41) is 6.90. The van der Waals surface area contributed by atoms with Crippen LogP contribution in [0.15, 0.2) is 35.4 Å². The molecule has 0 fully saturated rings. The van der Waals surface area contributed by atoms with Crippen molar-refractivity contribution in [1.29, 1.82) is 0 Å². The minimum atomic E-state index is -3.43. The molecular weight excluding hydrogens is 262 g/mol. The molecule has 0 atom stereocenters. The van der Waals surface area contributed by atoms with E-state index in [0.29, 0.717) is 24.4 Å². The van der Waals surface area contributed by atoms with Gasteiger partial charge in [0.1, 0.15) is 0 Å². The van der Waals surface area contributed by atoms with Gasteiger partial charge in [0.2, 0.25) is 10.0 Å². The lowest BCUT2D eigenvalue weighted by Gasteiger charge is -2.26. The predicted molar refractivity (Wildman–Crippen MR) is 71.1 cm³/mol. The average Bonchev–Trinajstić information content (AvgIpc) is 2.86. The van der Waals surface area contributed by atoms with Gasteiger partial charge in [-0.1, -0.05) is 18.2 Å². The number of nitrogens with one attached hydrogen (secondary N) is 1. The van der Waals surface area contributed by atoms with Crippen LogP contribution in [0.4, 0.5) is 0 Å². The van der Waals surface area contributed by atoms with Crippen LogP contribution in [0.1, 0.15) is 16.8 Å². The van der Waals surface area contributed by atoms with E-state index >= 15 is 0 Å². The minimum Gasteiger partial charge on any atom is -0.285 e. The number of aromatic nitrogens is 2. The van der Waals surface area contributed by atoms with Gasteiger partial charge in [-0.05, 0) is 30.5 Å². The third-order valence-electron chi connectivity index (χ3n) is 3.48. The van der Waals surface area contributed by atoms with Crippen LogP contribution in [0.3, 0.4) is 0 Å². The molecule has 19 heavy (non-hydrogen) atoms. The van der Waals surface area contributed by atoms with Gasteiger partial charge in [-0.3, -0.25) is 5.10 Å². The molecule has 2 heterocycles. The summed E-state index contributed by atoms with van der Waals surface area (Å²) in [6.45, 7) is 2.66. The second-order valence-electron chi connectivity index (χ2n) is 4.71. The number of H-pyrrole nitrogens is 1. The van der Waals surface area contributed by atoms with E-state index in [1.54, 1.807) is 12.1 Å². The zero-order valence-corrected chi connectivity index (χ0v) is 11.4. The molecule has 0 unspecified atom stereocenters. The molecule has 1 N–H and O–H groups in total. The summed E-state index contributed by atoms with van der Waals surface area (Å²) in [6.07, 6.45) is 2.55. The van der Waals surface area contributed by atoms with E-state index in [0.717, 1.165) is 16.8 Å². The molecule has 0 amide bonds. The number of aromatic amines is 1. The SMILES string of the molecule is Cc1ccccc1S(=O)(=O)N1CCc2c[nH]nc2C1. The zero-order chi connectivity index (χ0) is 13.5. The molecule has 6 heteroatoms. The highest BCUT2D eigenvalue weighted by molar-refractivity contribution is 7.89. The summed E-state index contributed by atoms with van der Waals surface area (Å²) in [7, 11) is -3.43. The molecule has 1 aromatic heterocycles. The molecule has 0 bridgehead atoms. The van der Waals surface area contributed by atoms with E-state index in [-0.39, 0.29) is 0 Å². The van der Waals surface area contributed by atoms with E-state index in [4.69, 9.17) is 0 Å². The van der Waals surface area contributed by atoms with Crippen molar-refractivity contribution in [2.75, 3.05) is 6.54 Å². The van der Waals surface area contributed by atoms with Gasteiger partial charge < -0.3 is 0 Å². The largest absolute Gasteiger partial charge is 0.285 e. The third-order valence-corrected chi connectivity index (χ3v) is 5.48. The fraction of sp³-hybridized carbons (Fsp3) is 0.308. The highest BCUT2D eigenvalue weighted by atomic mass is 32.2. The Morgan fingerprint density at radius 2 is 2.11 bits per heavy atom. The predicted octanol–water partition coefficient (Wildman–Crippen LogP) is 1.47. The van der Waals surface area contributed by atoms with Crippen molar-refractivity contribution in [1.82, 2.24) is 14.5 Å². The van der Waals surface area contributed by atoms with Crippen molar-refractivity contribution in [3.8, 4) is 0 Å². The molecule has 100 valence electrons. The Kier molecular flexibility index (Phi) is 2.91. The summed E-state index contributed by atoms with van der Waals surface area (Å²) in [6, 6.07) is 7.07. The van der Waals surface area contributed by atoms with E-state index < -0.39 is 10.0 Å². The lowest BCUT2D eigenvalue weighted by molar-refractivity contribution is 0.387. The van der Waals surface area contributed by atoms with Crippen molar-refractivity contribution >= 4 is 10.0 Å². The van der Waals surface area contributed by atoms with Gasteiger partial charge in [0.05, 0.1) is 17.1 Å². The standard InChI is InChI=1S/C13H15N3O2S/c1-10-4-2-3-5-13(10)19(17,18)16-7-6-11-8-14-15-12(11)9-16/h2-5,8H,6-7,9H2,1H3,(H,14,15). The molecule has 0 saturated carbocycles. The Labute approximate surface area is 112 Å². The van der Waals surface area contributed by atoms with Gasteiger partial charge in [-0.2, -0.15) is 9.40 Å². The number of nitrogens with zero attached hydrogens (tertiary/aromatic N) is 2. The normalized spacial score (nSPS) is 16.3. The highest BCUT2D eigenvalue weighted by Crippen LogP contribution is 2.25. The minimum absolute atomic E-state index is 0.343. The Hall–Kier alpha value is -1.66. The lowest BCUT2D eigenvalue weighted by atomic mass is 10.1. The van der Waals surface area contributed by atoms with Crippen LogP contribution in [0.2, 0.25) is 0 Å². The summed E-state index contributed by atoms with van der Waals surface area (Å²) in [4.78, 5) is 0.383. The molecule has 2 aromatic rings.